The second kappa shape index (κ2) is 5.85. The summed E-state index contributed by atoms with van der Waals surface area (Å²) in [6.07, 6.45) is 2.01. The van der Waals surface area contributed by atoms with Crippen LogP contribution in [0.4, 0.5) is 0 Å². The van der Waals surface area contributed by atoms with Crippen LogP contribution in [0.3, 0.4) is 0 Å². The molecule has 1 saturated heterocycles. The molecule has 1 unspecified atom stereocenters. The molecule has 1 fully saturated rings. The van der Waals surface area contributed by atoms with Crippen molar-refractivity contribution in [3.05, 3.63) is 35.4 Å². The van der Waals surface area contributed by atoms with E-state index in [4.69, 9.17) is 0 Å². The van der Waals surface area contributed by atoms with Crippen molar-refractivity contribution >= 4 is 11.8 Å². The lowest BCUT2D eigenvalue weighted by atomic mass is 9.94. The summed E-state index contributed by atoms with van der Waals surface area (Å²) in [6, 6.07) is 8.41. The third kappa shape index (κ3) is 3.08. The molecule has 2 amide bonds. The molecule has 5 nitrogen and oxygen atoms in total. The number of benzene rings is 1. The zero-order valence-corrected chi connectivity index (χ0v) is 12.3. The van der Waals surface area contributed by atoms with Crippen molar-refractivity contribution in [2.24, 2.45) is 0 Å². The fraction of sp³-hybridized carbons (Fsp3) is 0.500. The van der Waals surface area contributed by atoms with E-state index in [9.17, 15) is 9.59 Å². The summed E-state index contributed by atoms with van der Waals surface area (Å²) in [5.74, 6) is -0.0908. The molecule has 112 valence electrons. The first-order valence-electron chi connectivity index (χ1n) is 7.47. The molecule has 2 atom stereocenters. The SMILES string of the molecule is CN1Cc2ccccc2CC1CNC(=O)[C@@H]1CCC(=O)N1. The van der Waals surface area contributed by atoms with Crippen LogP contribution in [0.5, 0.6) is 0 Å². The van der Waals surface area contributed by atoms with Gasteiger partial charge in [0.15, 0.2) is 0 Å². The number of amides is 2. The summed E-state index contributed by atoms with van der Waals surface area (Å²) in [5, 5.41) is 5.68. The molecule has 0 saturated carbocycles. The maximum atomic E-state index is 12.0. The first-order valence-corrected chi connectivity index (χ1v) is 7.47. The number of hydrogen-bond acceptors (Lipinski definition) is 3. The Labute approximate surface area is 124 Å². The summed E-state index contributed by atoms with van der Waals surface area (Å²) >= 11 is 0. The number of carbonyl (C=O) groups is 2. The molecular weight excluding hydrogens is 266 g/mol. The molecule has 1 aromatic carbocycles. The number of nitrogens with one attached hydrogen (secondary N) is 2. The smallest absolute Gasteiger partial charge is 0.242 e. The standard InChI is InChI=1S/C16H21N3O2/c1-19-10-12-5-3-2-4-11(12)8-13(19)9-17-16(21)14-6-7-15(20)18-14/h2-5,13-14H,6-10H2,1H3,(H,17,21)(H,18,20)/t13?,14-/m0/s1. The molecule has 0 aromatic heterocycles. The van der Waals surface area contributed by atoms with Gasteiger partial charge in [-0.3, -0.25) is 14.5 Å². The Hall–Kier alpha value is -1.88. The first-order chi connectivity index (χ1) is 10.1. The van der Waals surface area contributed by atoms with Gasteiger partial charge in [0.05, 0.1) is 0 Å². The van der Waals surface area contributed by atoms with Gasteiger partial charge in [0.1, 0.15) is 6.04 Å². The van der Waals surface area contributed by atoms with Crippen molar-refractivity contribution in [2.75, 3.05) is 13.6 Å². The number of carbonyl (C=O) groups excluding carboxylic acids is 2. The molecule has 0 bridgehead atoms. The van der Waals surface area contributed by atoms with Crippen LogP contribution in [-0.2, 0) is 22.6 Å². The minimum atomic E-state index is -0.348. The van der Waals surface area contributed by atoms with E-state index in [2.05, 4.69) is 46.8 Å². The Morgan fingerprint density at radius 1 is 1.38 bits per heavy atom. The van der Waals surface area contributed by atoms with Gasteiger partial charge in [-0.15, -0.1) is 0 Å². The first kappa shape index (κ1) is 14.1. The van der Waals surface area contributed by atoms with E-state index < -0.39 is 0 Å². The average molecular weight is 287 g/mol. The van der Waals surface area contributed by atoms with Gasteiger partial charge in [0.25, 0.3) is 0 Å². The molecule has 0 aliphatic carbocycles. The highest BCUT2D eigenvalue weighted by Gasteiger charge is 2.28. The summed E-state index contributed by atoms with van der Waals surface area (Å²) in [7, 11) is 2.09. The molecule has 2 aliphatic rings. The van der Waals surface area contributed by atoms with E-state index in [1.807, 2.05) is 0 Å². The lowest BCUT2D eigenvalue weighted by molar-refractivity contribution is -0.125. The Bertz CT molecular complexity index is 558. The highest BCUT2D eigenvalue weighted by molar-refractivity contribution is 5.90. The molecule has 0 radical (unpaired) electrons. The van der Waals surface area contributed by atoms with Gasteiger partial charge in [-0.05, 0) is 31.0 Å². The number of likely N-dealkylation sites (N-methyl/N-ethyl adjacent to an activating group) is 1. The minimum absolute atomic E-state index is 0.0288. The highest BCUT2D eigenvalue weighted by Crippen LogP contribution is 2.21. The lowest BCUT2D eigenvalue weighted by Crippen LogP contribution is -2.49. The van der Waals surface area contributed by atoms with Crippen LogP contribution < -0.4 is 10.6 Å². The van der Waals surface area contributed by atoms with Crippen LogP contribution in [0.2, 0.25) is 0 Å². The second-order valence-corrected chi connectivity index (χ2v) is 5.95. The Balaban J connectivity index is 1.56. The Kier molecular flexibility index (Phi) is 3.92. The Morgan fingerprint density at radius 2 is 2.14 bits per heavy atom. The second-order valence-electron chi connectivity index (χ2n) is 5.95. The van der Waals surface area contributed by atoms with Gasteiger partial charge >= 0.3 is 0 Å². The van der Waals surface area contributed by atoms with E-state index in [1.165, 1.54) is 11.1 Å². The predicted molar refractivity (Wildman–Crippen MR) is 79.6 cm³/mol. The zero-order chi connectivity index (χ0) is 14.8. The van der Waals surface area contributed by atoms with Crippen molar-refractivity contribution in [3.8, 4) is 0 Å². The summed E-state index contributed by atoms with van der Waals surface area (Å²) in [4.78, 5) is 25.5. The average Bonchev–Trinajstić information content (AvgIpc) is 2.91. The fourth-order valence-electron chi connectivity index (χ4n) is 3.10. The number of hydrogen-bond donors (Lipinski definition) is 2. The van der Waals surface area contributed by atoms with E-state index in [0.29, 0.717) is 25.4 Å². The maximum absolute atomic E-state index is 12.0. The Morgan fingerprint density at radius 3 is 2.86 bits per heavy atom. The van der Waals surface area contributed by atoms with Crippen LogP contribution in [0, 0.1) is 0 Å². The van der Waals surface area contributed by atoms with Crippen molar-refractivity contribution < 1.29 is 9.59 Å². The largest absolute Gasteiger partial charge is 0.353 e. The van der Waals surface area contributed by atoms with Crippen LogP contribution in [-0.4, -0.2) is 42.4 Å². The molecule has 1 aromatic rings. The summed E-state index contributed by atoms with van der Waals surface area (Å²) < 4.78 is 0. The molecule has 3 rings (SSSR count). The van der Waals surface area contributed by atoms with Crippen molar-refractivity contribution in [1.82, 2.24) is 15.5 Å². The van der Waals surface area contributed by atoms with Crippen molar-refractivity contribution in [1.29, 1.82) is 0 Å². The van der Waals surface area contributed by atoms with Gasteiger partial charge < -0.3 is 10.6 Å². The molecule has 2 heterocycles. The van der Waals surface area contributed by atoms with Gasteiger partial charge in [0, 0.05) is 25.6 Å². The zero-order valence-electron chi connectivity index (χ0n) is 12.3. The van der Waals surface area contributed by atoms with E-state index >= 15 is 0 Å². The molecule has 21 heavy (non-hydrogen) atoms. The molecular formula is C16H21N3O2. The molecule has 2 N–H and O–H groups in total. The fourth-order valence-corrected chi connectivity index (χ4v) is 3.10. The third-order valence-electron chi connectivity index (χ3n) is 4.44. The monoisotopic (exact) mass is 287 g/mol. The molecule has 5 heteroatoms. The molecule has 2 aliphatic heterocycles. The topological polar surface area (TPSA) is 61.4 Å². The van der Waals surface area contributed by atoms with Gasteiger partial charge in [-0.2, -0.15) is 0 Å². The number of fused-ring (bicyclic) bond motifs is 1. The van der Waals surface area contributed by atoms with Crippen molar-refractivity contribution in [2.45, 2.75) is 37.9 Å². The van der Waals surface area contributed by atoms with Gasteiger partial charge in [-0.1, -0.05) is 24.3 Å². The van der Waals surface area contributed by atoms with Crippen LogP contribution in [0.25, 0.3) is 0 Å². The van der Waals surface area contributed by atoms with Crippen LogP contribution in [0.15, 0.2) is 24.3 Å². The highest BCUT2D eigenvalue weighted by atomic mass is 16.2. The van der Waals surface area contributed by atoms with E-state index in [1.54, 1.807) is 0 Å². The minimum Gasteiger partial charge on any atom is -0.353 e. The third-order valence-corrected chi connectivity index (χ3v) is 4.44. The van der Waals surface area contributed by atoms with E-state index in [0.717, 1.165) is 13.0 Å². The summed E-state index contributed by atoms with van der Waals surface area (Å²) in [6.45, 7) is 1.53. The lowest BCUT2D eigenvalue weighted by Gasteiger charge is -2.34. The predicted octanol–water partition coefficient (Wildman–Crippen LogP) is 0.438. The van der Waals surface area contributed by atoms with Crippen molar-refractivity contribution in [3.63, 3.8) is 0 Å². The number of nitrogens with zero attached hydrogens (tertiary/aromatic N) is 1. The number of rotatable bonds is 3. The summed E-state index contributed by atoms with van der Waals surface area (Å²) in [5.41, 5.74) is 2.73. The van der Waals surface area contributed by atoms with Gasteiger partial charge in [-0.25, -0.2) is 0 Å². The van der Waals surface area contributed by atoms with E-state index in [-0.39, 0.29) is 17.9 Å². The molecule has 0 spiro atoms. The maximum Gasteiger partial charge on any atom is 0.242 e. The normalized spacial score (nSPS) is 25.3. The van der Waals surface area contributed by atoms with Crippen LogP contribution in [0.1, 0.15) is 24.0 Å². The van der Waals surface area contributed by atoms with Crippen LogP contribution >= 0.6 is 0 Å². The quantitative estimate of drug-likeness (QED) is 0.848. The van der Waals surface area contributed by atoms with Gasteiger partial charge in [0.2, 0.25) is 11.8 Å².